The van der Waals surface area contributed by atoms with E-state index in [4.69, 9.17) is 9.47 Å². The molecule has 1 aromatic carbocycles. The van der Waals surface area contributed by atoms with Crippen LogP contribution in [0.3, 0.4) is 0 Å². The fourth-order valence-corrected chi connectivity index (χ4v) is 3.66. The summed E-state index contributed by atoms with van der Waals surface area (Å²) in [5, 5.41) is 9.73. The van der Waals surface area contributed by atoms with Crippen molar-refractivity contribution in [2.75, 3.05) is 26.3 Å². The van der Waals surface area contributed by atoms with Gasteiger partial charge in [0.25, 0.3) is 11.5 Å². The summed E-state index contributed by atoms with van der Waals surface area (Å²) in [7, 11) is 0. The molecule has 4 rings (SSSR count). The number of pyridine rings is 1. The van der Waals surface area contributed by atoms with Gasteiger partial charge < -0.3 is 14.4 Å². The van der Waals surface area contributed by atoms with Crippen LogP contribution in [-0.2, 0) is 9.53 Å². The van der Waals surface area contributed by atoms with Gasteiger partial charge in [-0.1, -0.05) is 18.2 Å². The second-order valence-electron chi connectivity index (χ2n) is 7.90. The Morgan fingerprint density at radius 1 is 1.15 bits per heavy atom. The first-order valence-electron chi connectivity index (χ1n) is 10.7. The van der Waals surface area contributed by atoms with Crippen LogP contribution in [0.15, 0.2) is 46.9 Å². The second kappa shape index (κ2) is 9.27. The minimum absolute atomic E-state index is 0.0390. The first kappa shape index (κ1) is 22.2. The molecule has 0 radical (unpaired) electrons. The van der Waals surface area contributed by atoms with Crippen LogP contribution in [0.2, 0.25) is 0 Å². The average molecular weight is 444 g/mol. The van der Waals surface area contributed by atoms with Gasteiger partial charge in [-0.15, -0.1) is 0 Å². The number of aryl methyl sites for hydroxylation is 2. The number of aromatic nitrogens is 2. The molecule has 2 aromatic heterocycles. The van der Waals surface area contributed by atoms with Crippen LogP contribution in [-0.4, -0.2) is 46.5 Å². The average Bonchev–Trinajstić information content (AvgIpc) is 2.83. The van der Waals surface area contributed by atoms with Gasteiger partial charge in [0.05, 0.1) is 13.2 Å². The van der Waals surface area contributed by atoms with Gasteiger partial charge in [-0.05, 0) is 55.7 Å². The van der Waals surface area contributed by atoms with Crippen LogP contribution < -0.4 is 10.3 Å². The van der Waals surface area contributed by atoms with Crippen molar-refractivity contribution in [3.8, 4) is 17.7 Å². The standard InChI is InChI=1S/C25H24N4O4/c1-16-6-4-8-21(18(16)3)33-23-20(25(31)29-9-5-7-17(2)22(29)27-23)14-19(15-26)24(30)28-10-12-32-13-11-28/h4-9,14H,10-13H2,1-3H3/b19-14+. The Hall–Kier alpha value is -3.96. The zero-order chi connectivity index (χ0) is 23.5. The molecule has 0 unspecified atom stereocenters. The maximum absolute atomic E-state index is 13.4. The van der Waals surface area contributed by atoms with Crippen LogP contribution in [0.25, 0.3) is 11.7 Å². The Bertz CT molecular complexity index is 1360. The lowest BCUT2D eigenvalue weighted by molar-refractivity contribution is -0.130. The summed E-state index contributed by atoms with van der Waals surface area (Å²) in [4.78, 5) is 32.5. The monoisotopic (exact) mass is 444 g/mol. The largest absolute Gasteiger partial charge is 0.438 e. The fourth-order valence-electron chi connectivity index (χ4n) is 3.66. The molecule has 0 saturated carbocycles. The molecule has 3 aromatic rings. The Morgan fingerprint density at radius 2 is 1.88 bits per heavy atom. The van der Waals surface area contributed by atoms with E-state index in [1.165, 1.54) is 10.5 Å². The van der Waals surface area contributed by atoms with Gasteiger partial charge in [-0.2, -0.15) is 10.2 Å². The maximum atomic E-state index is 13.4. The van der Waals surface area contributed by atoms with E-state index >= 15 is 0 Å². The summed E-state index contributed by atoms with van der Waals surface area (Å²) in [6.07, 6.45) is 2.88. The number of fused-ring (bicyclic) bond motifs is 1. The lowest BCUT2D eigenvalue weighted by Gasteiger charge is -2.26. The predicted molar refractivity (Wildman–Crippen MR) is 123 cm³/mol. The summed E-state index contributed by atoms with van der Waals surface area (Å²) >= 11 is 0. The molecule has 1 fully saturated rings. The number of nitriles is 1. The predicted octanol–water partition coefficient (Wildman–Crippen LogP) is 3.18. The van der Waals surface area contributed by atoms with Crippen LogP contribution >= 0.6 is 0 Å². The van der Waals surface area contributed by atoms with Crippen molar-refractivity contribution >= 4 is 17.6 Å². The first-order valence-corrected chi connectivity index (χ1v) is 10.7. The van der Waals surface area contributed by atoms with Crippen LogP contribution in [0.5, 0.6) is 11.6 Å². The highest BCUT2D eigenvalue weighted by Crippen LogP contribution is 2.29. The molecule has 8 heteroatoms. The van der Waals surface area contributed by atoms with Gasteiger partial charge in [0.1, 0.15) is 28.6 Å². The quantitative estimate of drug-likeness (QED) is 0.453. The third-order valence-electron chi connectivity index (χ3n) is 5.75. The highest BCUT2D eigenvalue weighted by molar-refractivity contribution is 6.02. The minimum atomic E-state index is -0.452. The zero-order valence-corrected chi connectivity index (χ0v) is 18.8. The number of carbonyl (C=O) groups is 1. The maximum Gasteiger partial charge on any atom is 0.269 e. The van der Waals surface area contributed by atoms with Gasteiger partial charge in [0.2, 0.25) is 5.88 Å². The lowest BCUT2D eigenvalue weighted by Crippen LogP contribution is -2.41. The van der Waals surface area contributed by atoms with Crippen molar-refractivity contribution in [1.29, 1.82) is 5.26 Å². The molecule has 0 aliphatic carbocycles. The van der Waals surface area contributed by atoms with Crippen molar-refractivity contribution in [3.05, 3.63) is 74.7 Å². The SMILES string of the molecule is Cc1cccc(Oc2nc3c(C)cccn3c(=O)c2/C=C(\C#N)C(=O)N2CCOCC2)c1C. The van der Waals surface area contributed by atoms with E-state index < -0.39 is 11.5 Å². The van der Waals surface area contributed by atoms with E-state index in [2.05, 4.69) is 4.98 Å². The van der Waals surface area contributed by atoms with Crippen molar-refractivity contribution in [3.63, 3.8) is 0 Å². The molecule has 3 heterocycles. The van der Waals surface area contributed by atoms with Crippen LogP contribution in [0, 0.1) is 32.1 Å². The van der Waals surface area contributed by atoms with E-state index in [1.807, 2.05) is 45.0 Å². The number of amides is 1. The number of hydrogen-bond acceptors (Lipinski definition) is 6. The molecule has 0 spiro atoms. The molecule has 168 valence electrons. The number of carbonyl (C=O) groups excluding carboxylic acids is 1. The third-order valence-corrected chi connectivity index (χ3v) is 5.75. The Balaban J connectivity index is 1.89. The minimum Gasteiger partial charge on any atom is -0.438 e. The van der Waals surface area contributed by atoms with E-state index in [0.717, 1.165) is 16.7 Å². The van der Waals surface area contributed by atoms with E-state index in [0.29, 0.717) is 37.7 Å². The van der Waals surface area contributed by atoms with Crippen molar-refractivity contribution in [2.24, 2.45) is 0 Å². The van der Waals surface area contributed by atoms with Crippen molar-refractivity contribution < 1.29 is 14.3 Å². The fraction of sp³-hybridized carbons (Fsp3) is 0.280. The topological polar surface area (TPSA) is 96.9 Å². The molecule has 0 atom stereocenters. The number of ether oxygens (including phenoxy) is 2. The highest BCUT2D eigenvalue weighted by Gasteiger charge is 2.23. The smallest absolute Gasteiger partial charge is 0.269 e. The van der Waals surface area contributed by atoms with Crippen LogP contribution in [0.1, 0.15) is 22.3 Å². The normalized spacial score (nSPS) is 14.2. The van der Waals surface area contributed by atoms with Gasteiger partial charge >= 0.3 is 0 Å². The molecule has 8 nitrogen and oxygen atoms in total. The number of morpholine rings is 1. The van der Waals surface area contributed by atoms with Crippen molar-refractivity contribution in [1.82, 2.24) is 14.3 Å². The number of nitrogens with zero attached hydrogens (tertiary/aromatic N) is 4. The molecule has 0 N–H and O–H groups in total. The van der Waals surface area contributed by atoms with E-state index in [1.54, 1.807) is 23.2 Å². The van der Waals surface area contributed by atoms with Gasteiger partial charge in [0.15, 0.2) is 0 Å². The summed E-state index contributed by atoms with van der Waals surface area (Å²) in [5.41, 5.74) is 2.62. The summed E-state index contributed by atoms with van der Waals surface area (Å²) in [6, 6.07) is 11.1. The molecule has 1 saturated heterocycles. The van der Waals surface area contributed by atoms with Gasteiger partial charge in [-0.3, -0.25) is 14.0 Å². The van der Waals surface area contributed by atoms with Crippen molar-refractivity contribution in [2.45, 2.75) is 20.8 Å². The lowest BCUT2D eigenvalue weighted by atomic mass is 10.1. The Morgan fingerprint density at radius 3 is 2.61 bits per heavy atom. The Labute approximate surface area is 191 Å². The third kappa shape index (κ3) is 4.36. The number of benzene rings is 1. The molecule has 1 aliphatic heterocycles. The molecule has 33 heavy (non-hydrogen) atoms. The van der Waals surface area contributed by atoms with Gasteiger partial charge in [0, 0.05) is 19.3 Å². The molecule has 1 aliphatic rings. The first-order chi connectivity index (χ1) is 15.9. The van der Waals surface area contributed by atoms with Gasteiger partial charge in [-0.25, -0.2) is 0 Å². The second-order valence-corrected chi connectivity index (χ2v) is 7.90. The van der Waals surface area contributed by atoms with E-state index in [9.17, 15) is 14.9 Å². The summed E-state index contributed by atoms with van der Waals surface area (Å²) in [6.45, 7) is 7.32. The molecular weight excluding hydrogens is 420 g/mol. The summed E-state index contributed by atoms with van der Waals surface area (Å²) in [5.74, 6) is 0.144. The van der Waals surface area contributed by atoms with Crippen LogP contribution in [0.4, 0.5) is 0 Å². The number of hydrogen-bond donors (Lipinski definition) is 0. The van der Waals surface area contributed by atoms with E-state index in [-0.39, 0.29) is 17.0 Å². The molecular formula is C25H24N4O4. The highest BCUT2D eigenvalue weighted by atomic mass is 16.5. The summed E-state index contributed by atoms with van der Waals surface area (Å²) < 4.78 is 12.8. The Kier molecular flexibility index (Phi) is 6.24. The molecule has 0 bridgehead atoms. The number of rotatable bonds is 4. The zero-order valence-electron chi connectivity index (χ0n) is 18.8. The molecule has 1 amide bonds.